The maximum atomic E-state index is 5.28. The molecule has 8 heteroatoms. The van der Waals surface area contributed by atoms with E-state index in [4.69, 9.17) is 23.2 Å². The van der Waals surface area contributed by atoms with Gasteiger partial charge in [-0.3, -0.25) is 0 Å². The Labute approximate surface area is 105 Å². The van der Waals surface area contributed by atoms with Crippen molar-refractivity contribution < 1.29 is 74.3 Å². The SMILES string of the molecule is O.[CH3][Ti+4][CH](Cl)Cl.[Cl-].[Cl-].[Cl-].[Cl-]. The van der Waals surface area contributed by atoms with Gasteiger partial charge in [0, 0.05) is 0 Å². The zero-order valence-corrected chi connectivity index (χ0v) is 10.9. The summed E-state index contributed by atoms with van der Waals surface area (Å²) in [6.07, 6.45) is 0. The van der Waals surface area contributed by atoms with E-state index < -0.39 is 0 Å². The second kappa shape index (κ2) is 30.1. The van der Waals surface area contributed by atoms with Crippen molar-refractivity contribution in [3.8, 4) is 0 Å². The van der Waals surface area contributed by atoms with Crippen molar-refractivity contribution in [3.05, 3.63) is 0 Å². The van der Waals surface area contributed by atoms with Crippen molar-refractivity contribution in [2.75, 3.05) is 0 Å². The summed E-state index contributed by atoms with van der Waals surface area (Å²) in [6, 6.07) is 0. The molecule has 0 amide bonds. The summed E-state index contributed by atoms with van der Waals surface area (Å²) in [4.78, 5) is 0. The topological polar surface area (TPSA) is 31.5 Å². The molecular weight excluding hydrogens is 301 g/mol. The van der Waals surface area contributed by atoms with Gasteiger partial charge in [-0.05, 0) is 0 Å². The maximum absolute atomic E-state index is 5.28. The number of hydrogen-bond acceptors (Lipinski definition) is 0. The molecule has 0 unspecified atom stereocenters. The van der Waals surface area contributed by atoms with E-state index in [1.165, 1.54) is 0 Å². The predicted molar refractivity (Wildman–Crippen MR) is 25.0 cm³/mol. The van der Waals surface area contributed by atoms with Gasteiger partial charge in [-0.1, -0.05) is 0 Å². The van der Waals surface area contributed by atoms with Gasteiger partial charge in [0.2, 0.25) is 0 Å². The first kappa shape index (κ1) is 39.3. The first-order chi connectivity index (χ1) is 2.27. The van der Waals surface area contributed by atoms with Crippen molar-refractivity contribution in [2.24, 2.45) is 0 Å². The Hall–Kier alpha value is 2.41. The van der Waals surface area contributed by atoms with Gasteiger partial charge in [-0.25, -0.2) is 0 Å². The fourth-order valence-electron chi connectivity index (χ4n) is 0. The summed E-state index contributed by atoms with van der Waals surface area (Å²) in [5.41, 5.74) is 0. The van der Waals surface area contributed by atoms with Gasteiger partial charge in [0.1, 0.15) is 0 Å². The largest absolute Gasteiger partial charge is 1.00 e. The summed E-state index contributed by atoms with van der Waals surface area (Å²) in [5.74, 6) is 0. The minimum atomic E-state index is -0.0463. The van der Waals surface area contributed by atoms with Crippen LogP contribution in [0.1, 0.15) is 0 Å². The quantitative estimate of drug-likeness (QED) is 0.340. The molecule has 0 bridgehead atoms. The number of alkyl halides is 2. The van der Waals surface area contributed by atoms with E-state index in [-0.39, 0.29) is 77.4 Å². The van der Waals surface area contributed by atoms with Crippen molar-refractivity contribution >= 4 is 23.2 Å². The Bertz CT molecular complexity index is 29.7. The van der Waals surface area contributed by atoms with Crippen LogP contribution in [0.2, 0.25) is 5.23 Å². The van der Waals surface area contributed by atoms with Gasteiger partial charge < -0.3 is 55.1 Å². The normalized spacial score (nSPS) is 5.20. The van der Waals surface area contributed by atoms with Gasteiger partial charge >= 0.3 is 50.7 Å². The van der Waals surface area contributed by atoms with Crippen LogP contribution in [0.4, 0.5) is 0 Å². The molecular formula is C2H6Cl6OTi. The molecule has 0 saturated heterocycles. The second-order valence-electron chi connectivity index (χ2n) is 0.589. The summed E-state index contributed by atoms with van der Waals surface area (Å²) in [5, 5.41) is 2.06. The van der Waals surface area contributed by atoms with E-state index in [0.717, 1.165) is 0 Å². The summed E-state index contributed by atoms with van der Waals surface area (Å²) < 4.78 is -0.0463. The van der Waals surface area contributed by atoms with Crippen LogP contribution in [0.3, 0.4) is 0 Å². The molecule has 0 heterocycles. The molecule has 0 radical (unpaired) electrons. The van der Waals surface area contributed by atoms with Gasteiger partial charge in [0.25, 0.3) is 0 Å². The van der Waals surface area contributed by atoms with Gasteiger partial charge in [-0.15, -0.1) is 0 Å². The van der Waals surface area contributed by atoms with Crippen molar-refractivity contribution in [1.29, 1.82) is 0 Å². The van der Waals surface area contributed by atoms with Crippen LogP contribution in [0.25, 0.3) is 0 Å². The minimum absolute atomic E-state index is 0. The van der Waals surface area contributed by atoms with Gasteiger partial charge in [-0.2, -0.15) is 0 Å². The number of hydrogen-bond donors (Lipinski definition) is 0. The fourth-order valence-corrected chi connectivity index (χ4v) is 0. The molecule has 0 saturated carbocycles. The standard InChI is InChI=1S/CHCl2.CH3.4ClH.H2O.Ti/c2-1-3;;;;;;;/h1H;1H3;4*1H;1H2;/q;;;;;;;+4/p-4. The van der Waals surface area contributed by atoms with E-state index >= 15 is 0 Å². The maximum Gasteiger partial charge on any atom is -1.00 e. The predicted octanol–water partition coefficient (Wildman–Crippen LogP) is -10.9. The van der Waals surface area contributed by atoms with Crippen LogP contribution < -0.4 is 49.6 Å². The van der Waals surface area contributed by atoms with Crippen molar-refractivity contribution in [1.82, 2.24) is 0 Å². The molecule has 0 aromatic heterocycles. The van der Waals surface area contributed by atoms with Crippen LogP contribution in [0.15, 0.2) is 0 Å². The third kappa shape index (κ3) is 47.4. The Morgan fingerprint density at radius 2 is 1.10 bits per heavy atom. The van der Waals surface area contributed by atoms with E-state index in [9.17, 15) is 0 Å². The summed E-state index contributed by atoms with van der Waals surface area (Å²) in [7, 11) is 0. The van der Waals surface area contributed by atoms with E-state index in [2.05, 4.69) is 5.23 Å². The van der Waals surface area contributed by atoms with Gasteiger partial charge in [0.05, 0.1) is 0 Å². The molecule has 0 spiro atoms. The molecule has 0 rings (SSSR count). The number of halogens is 6. The summed E-state index contributed by atoms with van der Waals surface area (Å²) in [6.45, 7) is 0. The smallest absolute Gasteiger partial charge is 1.00 e. The van der Waals surface area contributed by atoms with Crippen LogP contribution in [0, 0.1) is 0 Å². The zero-order valence-electron chi connectivity index (χ0n) is 4.85. The molecule has 0 aromatic rings. The molecule has 10 heavy (non-hydrogen) atoms. The molecule has 0 aromatic carbocycles. The monoisotopic (exact) mass is 304 g/mol. The third-order valence-electron chi connectivity index (χ3n) is 0.218. The van der Waals surface area contributed by atoms with Crippen LogP contribution in [-0.2, 0) is 19.2 Å². The fraction of sp³-hybridized carbons (Fsp3) is 1.00. The van der Waals surface area contributed by atoms with E-state index in [0.29, 0.717) is 0 Å². The molecule has 66 valence electrons. The second-order valence-corrected chi connectivity index (χ2v) is 4.63. The molecule has 0 atom stereocenters. The molecule has 1 nitrogen and oxygen atoms in total. The van der Waals surface area contributed by atoms with Crippen LogP contribution in [-0.4, -0.2) is 8.62 Å². The Balaban J connectivity index is -0.00000000800. The third-order valence-corrected chi connectivity index (χ3v) is 2.70. The first-order valence-corrected chi connectivity index (χ1v) is 4.56. The van der Waals surface area contributed by atoms with Gasteiger partial charge in [0.15, 0.2) is 0 Å². The average Bonchev–Trinajstić information content (AvgIpc) is 1.38. The van der Waals surface area contributed by atoms with E-state index in [1.807, 2.05) is 0 Å². The minimum Gasteiger partial charge on any atom is -1.00 e. The summed E-state index contributed by atoms with van der Waals surface area (Å²) >= 11 is 10.5. The molecule has 0 aliphatic heterocycles. The molecule has 0 fully saturated rings. The van der Waals surface area contributed by atoms with Crippen LogP contribution in [0.5, 0.6) is 0 Å². The van der Waals surface area contributed by atoms with Crippen LogP contribution >= 0.6 is 23.2 Å². The van der Waals surface area contributed by atoms with E-state index in [1.54, 1.807) is 0 Å². The van der Waals surface area contributed by atoms with Crippen molar-refractivity contribution in [3.63, 3.8) is 0 Å². The molecule has 0 aliphatic carbocycles. The first-order valence-electron chi connectivity index (χ1n) is 1.23. The zero-order chi connectivity index (χ0) is 4.28. The average molecular weight is 307 g/mol. The molecule has 0 aliphatic rings. The Morgan fingerprint density at radius 1 is 1.00 bits per heavy atom. The number of rotatable bonds is 1. The Kier molecular flexibility index (Phi) is 118. The molecule has 2 N–H and O–H groups in total. The van der Waals surface area contributed by atoms with Crippen molar-refractivity contribution in [2.45, 2.75) is 8.37 Å². The Morgan fingerprint density at radius 3 is 1.10 bits per heavy atom.